The first-order chi connectivity index (χ1) is 9.10. The van der Waals surface area contributed by atoms with Gasteiger partial charge in [0.25, 0.3) is 5.91 Å². The van der Waals surface area contributed by atoms with Crippen molar-refractivity contribution in [2.24, 2.45) is 5.41 Å². The molecule has 0 aromatic heterocycles. The summed E-state index contributed by atoms with van der Waals surface area (Å²) in [7, 11) is 0. The van der Waals surface area contributed by atoms with Gasteiger partial charge in [-0.05, 0) is 36.5 Å². The molecule has 0 radical (unpaired) electrons. The van der Waals surface area contributed by atoms with Gasteiger partial charge in [0.1, 0.15) is 0 Å². The average molecular weight is 323 g/mol. The van der Waals surface area contributed by atoms with Crippen molar-refractivity contribution in [2.45, 2.75) is 26.7 Å². The number of carbonyl (C=O) groups excluding carboxylic acids is 1. The Kier molecular flexibility index (Phi) is 6.04. The van der Waals surface area contributed by atoms with Crippen LogP contribution in [0.25, 0.3) is 0 Å². The highest BCUT2D eigenvalue weighted by Crippen LogP contribution is 2.27. The molecule has 0 aliphatic heterocycles. The number of halogens is 1. The number of nitrogens with one attached hydrogen (secondary N) is 1. The molecule has 0 bridgehead atoms. The Bertz CT molecular complexity index is 467. The van der Waals surface area contributed by atoms with Gasteiger partial charge >= 0.3 is 0 Å². The molecule has 0 spiro atoms. The fourth-order valence-corrected chi connectivity index (χ4v) is 2.83. The summed E-state index contributed by atoms with van der Waals surface area (Å²) in [6, 6.07) is 8.80. The summed E-state index contributed by atoms with van der Waals surface area (Å²) in [5.41, 5.74) is 1.14. The van der Waals surface area contributed by atoms with Crippen LogP contribution in [0.15, 0.2) is 24.3 Å². The summed E-state index contributed by atoms with van der Waals surface area (Å²) in [6.07, 6.45) is 2.01. The standard InChI is InChI=1S/C15H19BrN2O/c1-3-15(4-2,10-16)11-18-14(19)13-7-5-6-12(8-13)9-17/h5-8H,3-4,10-11H2,1-2H3,(H,18,19). The second-order valence-electron chi connectivity index (χ2n) is 4.72. The van der Waals surface area contributed by atoms with Crippen molar-refractivity contribution in [3.63, 3.8) is 0 Å². The van der Waals surface area contributed by atoms with Gasteiger partial charge in [-0.3, -0.25) is 4.79 Å². The van der Waals surface area contributed by atoms with Gasteiger partial charge in [-0.25, -0.2) is 0 Å². The largest absolute Gasteiger partial charge is 0.351 e. The lowest BCUT2D eigenvalue weighted by Crippen LogP contribution is -2.38. The summed E-state index contributed by atoms with van der Waals surface area (Å²) >= 11 is 3.53. The van der Waals surface area contributed by atoms with Crippen LogP contribution in [0, 0.1) is 16.7 Å². The lowest BCUT2D eigenvalue weighted by Gasteiger charge is -2.29. The summed E-state index contributed by atoms with van der Waals surface area (Å²) < 4.78 is 0. The number of hydrogen-bond donors (Lipinski definition) is 1. The maximum Gasteiger partial charge on any atom is 0.251 e. The zero-order valence-corrected chi connectivity index (χ0v) is 13.0. The summed E-state index contributed by atoms with van der Waals surface area (Å²) in [5, 5.41) is 12.7. The normalized spacial score (nSPS) is 10.8. The van der Waals surface area contributed by atoms with Crippen molar-refractivity contribution in [1.29, 1.82) is 5.26 Å². The van der Waals surface area contributed by atoms with Gasteiger partial charge in [0.2, 0.25) is 0 Å². The number of nitriles is 1. The summed E-state index contributed by atoms with van der Waals surface area (Å²) in [6.45, 7) is 4.90. The fraction of sp³-hybridized carbons (Fsp3) is 0.467. The molecule has 0 fully saturated rings. The predicted molar refractivity (Wildman–Crippen MR) is 80.3 cm³/mol. The third kappa shape index (κ3) is 4.07. The van der Waals surface area contributed by atoms with Gasteiger partial charge in [-0.1, -0.05) is 35.8 Å². The van der Waals surface area contributed by atoms with Crippen LogP contribution in [-0.2, 0) is 0 Å². The molecule has 1 rings (SSSR count). The Balaban J connectivity index is 2.72. The fourth-order valence-electron chi connectivity index (χ4n) is 1.84. The Labute approximate surface area is 123 Å². The van der Waals surface area contributed by atoms with E-state index in [1.807, 2.05) is 6.07 Å². The molecular formula is C15H19BrN2O. The first-order valence-electron chi connectivity index (χ1n) is 6.45. The van der Waals surface area contributed by atoms with Gasteiger partial charge in [0, 0.05) is 17.4 Å². The van der Waals surface area contributed by atoms with Crippen molar-refractivity contribution >= 4 is 21.8 Å². The molecule has 0 saturated carbocycles. The van der Waals surface area contributed by atoms with E-state index in [1.54, 1.807) is 24.3 Å². The van der Waals surface area contributed by atoms with E-state index in [2.05, 4.69) is 35.1 Å². The highest BCUT2D eigenvalue weighted by molar-refractivity contribution is 9.09. The van der Waals surface area contributed by atoms with E-state index in [0.717, 1.165) is 18.2 Å². The maximum atomic E-state index is 12.1. The molecule has 0 atom stereocenters. The van der Waals surface area contributed by atoms with E-state index in [0.29, 0.717) is 17.7 Å². The van der Waals surface area contributed by atoms with Crippen LogP contribution in [0.4, 0.5) is 0 Å². The van der Waals surface area contributed by atoms with E-state index in [1.165, 1.54) is 0 Å². The van der Waals surface area contributed by atoms with Crippen LogP contribution in [0.2, 0.25) is 0 Å². The van der Waals surface area contributed by atoms with Crippen LogP contribution < -0.4 is 5.32 Å². The van der Waals surface area contributed by atoms with Crippen molar-refractivity contribution in [2.75, 3.05) is 11.9 Å². The van der Waals surface area contributed by atoms with Crippen molar-refractivity contribution < 1.29 is 4.79 Å². The molecule has 0 unspecified atom stereocenters. The van der Waals surface area contributed by atoms with Crippen LogP contribution in [0.3, 0.4) is 0 Å². The van der Waals surface area contributed by atoms with Gasteiger partial charge in [0.05, 0.1) is 11.6 Å². The minimum absolute atomic E-state index is 0.0997. The van der Waals surface area contributed by atoms with Crippen LogP contribution in [0.1, 0.15) is 42.6 Å². The van der Waals surface area contributed by atoms with Crippen molar-refractivity contribution in [3.8, 4) is 6.07 Å². The summed E-state index contributed by atoms with van der Waals surface area (Å²) in [5.74, 6) is -0.121. The maximum absolute atomic E-state index is 12.1. The molecular weight excluding hydrogens is 304 g/mol. The molecule has 1 N–H and O–H groups in total. The lowest BCUT2D eigenvalue weighted by molar-refractivity contribution is 0.0932. The number of hydrogen-bond acceptors (Lipinski definition) is 2. The molecule has 0 heterocycles. The summed E-state index contributed by atoms with van der Waals surface area (Å²) in [4.78, 5) is 12.1. The molecule has 1 aromatic rings. The third-order valence-corrected chi connectivity index (χ3v) is 4.85. The molecule has 3 nitrogen and oxygen atoms in total. The molecule has 1 amide bonds. The zero-order chi connectivity index (χ0) is 14.3. The van der Waals surface area contributed by atoms with E-state index < -0.39 is 0 Å². The SMILES string of the molecule is CCC(CC)(CBr)CNC(=O)c1cccc(C#N)c1. The minimum atomic E-state index is -0.121. The quantitative estimate of drug-likeness (QED) is 0.815. The number of rotatable bonds is 6. The van der Waals surface area contributed by atoms with Crippen LogP contribution >= 0.6 is 15.9 Å². The first kappa shape index (κ1) is 15.7. The number of amides is 1. The lowest BCUT2D eigenvalue weighted by atomic mass is 9.84. The number of benzene rings is 1. The van der Waals surface area contributed by atoms with Crippen molar-refractivity contribution in [1.82, 2.24) is 5.32 Å². The molecule has 0 saturated heterocycles. The van der Waals surface area contributed by atoms with E-state index in [4.69, 9.17) is 5.26 Å². The molecule has 4 heteroatoms. The first-order valence-corrected chi connectivity index (χ1v) is 7.57. The number of alkyl halides is 1. The Morgan fingerprint density at radius 1 is 1.42 bits per heavy atom. The molecule has 0 aliphatic carbocycles. The van der Waals surface area contributed by atoms with Gasteiger partial charge in [-0.2, -0.15) is 5.26 Å². The van der Waals surface area contributed by atoms with Gasteiger partial charge in [0.15, 0.2) is 0 Å². The smallest absolute Gasteiger partial charge is 0.251 e. The minimum Gasteiger partial charge on any atom is -0.351 e. The highest BCUT2D eigenvalue weighted by Gasteiger charge is 2.25. The molecule has 102 valence electrons. The molecule has 19 heavy (non-hydrogen) atoms. The van der Waals surface area contributed by atoms with Crippen molar-refractivity contribution in [3.05, 3.63) is 35.4 Å². The van der Waals surface area contributed by atoms with E-state index in [9.17, 15) is 4.79 Å². The Hall–Kier alpha value is -1.34. The monoisotopic (exact) mass is 322 g/mol. The third-order valence-electron chi connectivity index (χ3n) is 3.66. The van der Waals surface area contributed by atoms with Crippen LogP contribution in [-0.4, -0.2) is 17.8 Å². The average Bonchev–Trinajstić information content (AvgIpc) is 2.49. The zero-order valence-electron chi connectivity index (χ0n) is 11.4. The second kappa shape index (κ2) is 7.30. The van der Waals surface area contributed by atoms with Crippen LogP contribution in [0.5, 0.6) is 0 Å². The Morgan fingerprint density at radius 2 is 2.11 bits per heavy atom. The number of carbonyl (C=O) groups is 1. The topological polar surface area (TPSA) is 52.9 Å². The molecule has 0 aliphatic rings. The number of nitrogens with zero attached hydrogens (tertiary/aromatic N) is 1. The predicted octanol–water partition coefficient (Wildman–Crippen LogP) is 3.49. The van der Waals surface area contributed by atoms with E-state index >= 15 is 0 Å². The van der Waals surface area contributed by atoms with Gasteiger partial charge in [-0.15, -0.1) is 0 Å². The molecule has 1 aromatic carbocycles. The second-order valence-corrected chi connectivity index (χ2v) is 5.28. The Morgan fingerprint density at radius 3 is 2.63 bits per heavy atom. The van der Waals surface area contributed by atoms with E-state index in [-0.39, 0.29) is 11.3 Å². The highest BCUT2D eigenvalue weighted by atomic mass is 79.9. The van der Waals surface area contributed by atoms with Gasteiger partial charge < -0.3 is 5.32 Å².